The zero-order valence-corrected chi connectivity index (χ0v) is 23.7. The van der Waals surface area contributed by atoms with E-state index >= 15 is 0 Å². The monoisotopic (exact) mass is 587 g/mol. The number of rotatable bonds is 4. The molecule has 1 atom stereocenters. The first-order valence-electron chi connectivity index (χ1n) is 11.7. The van der Waals surface area contributed by atoms with Crippen molar-refractivity contribution in [1.29, 1.82) is 0 Å². The molecule has 5 heterocycles. The van der Waals surface area contributed by atoms with Gasteiger partial charge in [0.15, 0.2) is 5.70 Å². The molecule has 1 aromatic carbocycles. The van der Waals surface area contributed by atoms with E-state index in [0.717, 1.165) is 67.1 Å². The van der Waals surface area contributed by atoms with Gasteiger partial charge in [0.2, 0.25) is 0 Å². The van der Waals surface area contributed by atoms with E-state index in [-0.39, 0.29) is 48.9 Å². The number of piperazine rings is 1. The van der Waals surface area contributed by atoms with Crippen LogP contribution >= 0.6 is 49.0 Å². The molecule has 0 saturated carbocycles. The number of allylic oxidation sites excluding steroid dienone is 3. The number of carbonyl (C=O) groups is 1. The summed E-state index contributed by atoms with van der Waals surface area (Å²) in [4.78, 5) is 17.3. The number of carbonyl (C=O) groups excluding carboxylic acids is 1. The van der Waals surface area contributed by atoms with Crippen molar-refractivity contribution in [2.45, 2.75) is 6.92 Å². The maximum Gasteiger partial charge on any atom is 0.256 e. The molecule has 12 heteroatoms. The number of fused-ring (bicyclic) bond motifs is 1. The maximum absolute atomic E-state index is 13.9. The predicted octanol–water partition coefficient (Wildman–Crippen LogP) is 4.32. The van der Waals surface area contributed by atoms with E-state index in [0.29, 0.717) is 11.1 Å². The van der Waals surface area contributed by atoms with Gasteiger partial charge < -0.3 is 9.80 Å². The molecule has 0 unspecified atom stereocenters. The molecule has 0 aliphatic carbocycles. The van der Waals surface area contributed by atoms with Gasteiger partial charge in [0, 0.05) is 43.6 Å². The Morgan fingerprint density at radius 2 is 1.86 bits per heavy atom. The lowest BCUT2D eigenvalue weighted by molar-refractivity contribution is -0.948. The molecular formula is C25H31Cl3FN6OS+. The first kappa shape index (κ1) is 29.5. The third kappa shape index (κ3) is 5.30. The summed E-state index contributed by atoms with van der Waals surface area (Å²) in [6.45, 7) is 6.85. The van der Waals surface area contributed by atoms with Crippen molar-refractivity contribution in [1.82, 2.24) is 19.7 Å². The van der Waals surface area contributed by atoms with Gasteiger partial charge in [-0.05, 0) is 31.2 Å². The average molecular weight is 589 g/mol. The molecule has 37 heavy (non-hydrogen) atoms. The van der Waals surface area contributed by atoms with Gasteiger partial charge in [-0.15, -0.1) is 54.0 Å². The number of aryl methyl sites for hydroxylation is 1. The van der Waals surface area contributed by atoms with Crippen LogP contribution in [0.25, 0.3) is 5.69 Å². The zero-order valence-electron chi connectivity index (χ0n) is 20.5. The number of nitrogens with zero attached hydrogens (tertiary/aromatic N) is 6. The Morgan fingerprint density at radius 1 is 1.08 bits per heavy atom. The molecule has 2 saturated heterocycles. The summed E-state index contributed by atoms with van der Waals surface area (Å²) < 4.78 is 16.3. The number of amides is 1. The topological polar surface area (TPSA) is 44.6 Å². The van der Waals surface area contributed by atoms with Crippen LogP contribution in [0.4, 0.5) is 10.2 Å². The quantitative estimate of drug-likeness (QED) is 0.498. The van der Waals surface area contributed by atoms with Crippen LogP contribution in [-0.4, -0.2) is 81.1 Å². The molecule has 0 radical (unpaired) electrons. The molecule has 200 valence electrons. The Labute approximate surface area is 239 Å². The Hall–Kier alpha value is -2.01. The third-order valence-corrected chi connectivity index (χ3v) is 8.01. The summed E-state index contributed by atoms with van der Waals surface area (Å²) in [6, 6.07) is 8.63. The molecule has 6 rings (SSSR count). The molecule has 0 N–H and O–H groups in total. The lowest BCUT2D eigenvalue weighted by atomic mass is 10.2. The summed E-state index contributed by atoms with van der Waals surface area (Å²) >= 11 is 1.82. The minimum absolute atomic E-state index is 0. The Morgan fingerprint density at radius 3 is 2.57 bits per heavy atom. The van der Waals surface area contributed by atoms with Gasteiger partial charge in [-0.2, -0.15) is 9.69 Å². The molecule has 0 bridgehead atoms. The fraction of sp³-hybridized carbons (Fsp3) is 0.360. The summed E-state index contributed by atoms with van der Waals surface area (Å²) in [5.74, 6) is 2.71. The number of hydrogen-bond acceptors (Lipinski definition) is 5. The number of quaternary nitrogens is 1. The highest BCUT2D eigenvalue weighted by molar-refractivity contribution is 7.99. The van der Waals surface area contributed by atoms with Crippen LogP contribution in [0, 0.1) is 12.7 Å². The summed E-state index contributed by atoms with van der Waals surface area (Å²) in [5.41, 5.74) is 3.71. The number of thioether (sulfide) groups is 1. The van der Waals surface area contributed by atoms with Crippen LogP contribution in [0.3, 0.4) is 0 Å². The largest absolute Gasteiger partial charge is 0.353 e. The van der Waals surface area contributed by atoms with Crippen LogP contribution in [0.1, 0.15) is 5.69 Å². The maximum atomic E-state index is 13.9. The standard InChI is InChI=1S/C25H28FN6OS.3ClH/c1-19-14-24(31(27-19)22-5-2-4-21(26)16-22)28-7-9-30(10-8-28)32-12-3-6-23(32)15-20(17-32)25(33)29-11-13-34-18-29;;;/h2-6,12,14-16H,7-11,13,17-18H2,1H3;3*1H/q+1;;;/t32-;;;/m1.../s1. The van der Waals surface area contributed by atoms with Crippen molar-refractivity contribution in [2.24, 2.45) is 0 Å². The van der Waals surface area contributed by atoms with Gasteiger partial charge in [0.1, 0.15) is 24.4 Å². The molecule has 2 fully saturated rings. The minimum atomic E-state index is -0.267. The average Bonchev–Trinajstić information content (AvgIpc) is 3.62. The summed E-state index contributed by atoms with van der Waals surface area (Å²) in [7, 11) is 0. The molecule has 2 aromatic rings. The molecule has 4 aliphatic rings. The van der Waals surface area contributed by atoms with Crippen molar-refractivity contribution < 1.29 is 13.8 Å². The Bertz CT molecular complexity index is 1240. The predicted molar refractivity (Wildman–Crippen MR) is 153 cm³/mol. The van der Waals surface area contributed by atoms with Crippen molar-refractivity contribution in [3.63, 3.8) is 0 Å². The second kappa shape index (κ2) is 11.8. The van der Waals surface area contributed by atoms with E-state index in [1.807, 2.05) is 34.3 Å². The van der Waals surface area contributed by atoms with Crippen molar-refractivity contribution in [3.05, 3.63) is 77.5 Å². The van der Waals surface area contributed by atoms with Crippen LogP contribution in [0.2, 0.25) is 0 Å². The van der Waals surface area contributed by atoms with E-state index in [9.17, 15) is 9.18 Å². The fourth-order valence-electron chi connectivity index (χ4n) is 5.34. The molecule has 4 aliphatic heterocycles. The third-order valence-electron chi connectivity index (χ3n) is 7.05. The number of benzene rings is 1. The fourth-order valence-corrected chi connectivity index (χ4v) is 6.29. The van der Waals surface area contributed by atoms with Crippen molar-refractivity contribution in [2.75, 3.05) is 55.8 Å². The Balaban J connectivity index is 0.00000127. The highest BCUT2D eigenvalue weighted by Gasteiger charge is 2.48. The molecule has 7 nitrogen and oxygen atoms in total. The number of halogens is 4. The summed E-state index contributed by atoms with van der Waals surface area (Å²) in [5, 5.41) is 7.09. The second-order valence-electron chi connectivity index (χ2n) is 9.17. The van der Waals surface area contributed by atoms with Gasteiger partial charge in [0.05, 0.1) is 35.9 Å². The number of hydrogen-bond donors (Lipinski definition) is 0. The van der Waals surface area contributed by atoms with E-state index in [2.05, 4.69) is 45.5 Å². The van der Waals surface area contributed by atoms with Gasteiger partial charge in [0.25, 0.3) is 5.91 Å². The zero-order chi connectivity index (χ0) is 23.3. The lowest BCUT2D eigenvalue weighted by Crippen LogP contribution is -2.60. The van der Waals surface area contributed by atoms with Crippen LogP contribution < -0.4 is 4.90 Å². The highest BCUT2D eigenvalue weighted by Crippen LogP contribution is 2.38. The van der Waals surface area contributed by atoms with Gasteiger partial charge in [-0.3, -0.25) is 4.79 Å². The van der Waals surface area contributed by atoms with E-state index in [1.54, 1.807) is 6.07 Å². The van der Waals surface area contributed by atoms with Gasteiger partial charge >= 0.3 is 0 Å². The van der Waals surface area contributed by atoms with E-state index in [1.165, 1.54) is 17.8 Å². The SMILES string of the molecule is Cc1cc(N2CCN([N@@+]34C=CC=C3C=C(C(=O)N3CCSC3)C4)CC2)n(-c2cccc(F)c2)n1.Cl.Cl.Cl. The lowest BCUT2D eigenvalue weighted by Gasteiger charge is -2.44. The van der Waals surface area contributed by atoms with E-state index in [4.69, 9.17) is 0 Å². The summed E-state index contributed by atoms with van der Waals surface area (Å²) in [6.07, 6.45) is 8.54. The number of aromatic nitrogens is 2. The van der Waals surface area contributed by atoms with Crippen LogP contribution in [0.15, 0.2) is 66.0 Å². The molecule has 0 spiro atoms. The van der Waals surface area contributed by atoms with E-state index < -0.39 is 0 Å². The van der Waals surface area contributed by atoms with Crippen molar-refractivity contribution in [3.8, 4) is 5.69 Å². The first-order chi connectivity index (χ1) is 16.5. The molecule has 1 aromatic heterocycles. The van der Waals surface area contributed by atoms with Crippen LogP contribution in [0.5, 0.6) is 0 Å². The normalized spacial score (nSPS) is 22.5. The Kier molecular flexibility index (Phi) is 9.42. The van der Waals surface area contributed by atoms with Crippen LogP contribution in [-0.2, 0) is 4.79 Å². The molecular weight excluding hydrogens is 558 g/mol. The smallest absolute Gasteiger partial charge is 0.256 e. The minimum Gasteiger partial charge on any atom is -0.353 e. The highest BCUT2D eigenvalue weighted by atomic mass is 35.5. The second-order valence-corrected chi connectivity index (χ2v) is 10.2. The van der Waals surface area contributed by atoms with Crippen molar-refractivity contribution >= 4 is 60.7 Å². The van der Waals surface area contributed by atoms with Gasteiger partial charge in [-0.25, -0.2) is 9.07 Å². The molecule has 1 amide bonds. The first-order valence-corrected chi connectivity index (χ1v) is 12.9. The van der Waals surface area contributed by atoms with Gasteiger partial charge in [-0.1, -0.05) is 6.07 Å². The number of anilines is 1.